The third-order valence-electron chi connectivity index (χ3n) is 5.02. The first kappa shape index (κ1) is 22.4. The van der Waals surface area contributed by atoms with Crippen molar-refractivity contribution in [2.24, 2.45) is 0 Å². The minimum atomic E-state index is -1.06. The molecule has 0 unspecified atom stereocenters. The largest absolute Gasteiger partial charge is 0.494 e. The van der Waals surface area contributed by atoms with Gasteiger partial charge in [0.15, 0.2) is 23.2 Å². The van der Waals surface area contributed by atoms with Crippen LogP contribution in [0.15, 0.2) is 48.5 Å². The van der Waals surface area contributed by atoms with Crippen molar-refractivity contribution < 1.29 is 22.3 Å². The van der Waals surface area contributed by atoms with Crippen LogP contribution in [0.2, 0.25) is 0 Å². The zero-order valence-corrected chi connectivity index (χ0v) is 17.4. The summed E-state index contributed by atoms with van der Waals surface area (Å²) in [6.45, 7) is 2.05. The normalized spacial score (nSPS) is 10.5. The second-order valence-electron chi connectivity index (χ2n) is 7.13. The van der Waals surface area contributed by atoms with Gasteiger partial charge in [0.05, 0.1) is 12.7 Å². The fourth-order valence-electron chi connectivity index (χ4n) is 3.23. The van der Waals surface area contributed by atoms with Gasteiger partial charge in [-0.05, 0) is 54.3 Å². The fourth-order valence-corrected chi connectivity index (χ4v) is 3.23. The molecule has 0 aliphatic rings. The standard InChI is InChI=1S/C26H22F4O/c1-3-4-5-6-19-13-14-20(24(28)23(19)27)12-9-17-7-10-18(11-8-17)21-15-16-22(31-2)26(30)25(21)29/h7-8,10-11,13-16H,3-6H2,1-2H3. The number of hydrogen-bond acceptors (Lipinski definition) is 1. The van der Waals surface area contributed by atoms with E-state index in [1.807, 2.05) is 6.92 Å². The van der Waals surface area contributed by atoms with E-state index in [9.17, 15) is 17.6 Å². The van der Waals surface area contributed by atoms with Gasteiger partial charge in [0.2, 0.25) is 5.82 Å². The SMILES string of the molecule is CCCCCc1ccc(C#Cc2ccc(-c3ccc(OC)c(F)c3F)cc2)c(F)c1F. The molecule has 0 bridgehead atoms. The molecule has 0 atom stereocenters. The van der Waals surface area contributed by atoms with E-state index in [1.165, 1.54) is 25.3 Å². The summed E-state index contributed by atoms with van der Waals surface area (Å²) < 4.78 is 61.6. The van der Waals surface area contributed by atoms with Gasteiger partial charge < -0.3 is 4.74 Å². The smallest absolute Gasteiger partial charge is 0.201 e. The van der Waals surface area contributed by atoms with Crippen molar-refractivity contribution in [3.05, 3.63) is 88.5 Å². The number of hydrogen-bond donors (Lipinski definition) is 0. The second-order valence-corrected chi connectivity index (χ2v) is 7.13. The maximum Gasteiger partial charge on any atom is 0.201 e. The Balaban J connectivity index is 1.80. The number of benzene rings is 3. The van der Waals surface area contributed by atoms with Crippen LogP contribution < -0.4 is 4.74 Å². The summed E-state index contributed by atoms with van der Waals surface area (Å²) in [6, 6.07) is 12.2. The number of halogens is 4. The predicted octanol–water partition coefficient (Wildman–Crippen LogP) is 7.05. The number of unbranched alkanes of at least 4 members (excludes halogenated alkanes) is 2. The van der Waals surface area contributed by atoms with Crippen molar-refractivity contribution in [3.63, 3.8) is 0 Å². The van der Waals surface area contributed by atoms with Crippen LogP contribution in [0.1, 0.15) is 42.9 Å². The summed E-state index contributed by atoms with van der Waals surface area (Å²) in [7, 11) is 1.26. The Morgan fingerprint density at radius 3 is 2.16 bits per heavy atom. The molecule has 3 aromatic rings. The van der Waals surface area contributed by atoms with Gasteiger partial charge in [0, 0.05) is 11.1 Å². The first-order valence-corrected chi connectivity index (χ1v) is 10.1. The Labute approximate surface area is 179 Å². The molecule has 3 rings (SSSR count). The lowest BCUT2D eigenvalue weighted by molar-refractivity contribution is 0.372. The molecule has 3 aromatic carbocycles. The summed E-state index contributed by atoms with van der Waals surface area (Å²) in [5.74, 6) is 1.39. The molecule has 0 spiro atoms. The van der Waals surface area contributed by atoms with Crippen LogP contribution in [-0.2, 0) is 6.42 Å². The molecular weight excluding hydrogens is 404 g/mol. The van der Waals surface area contributed by atoms with E-state index in [-0.39, 0.29) is 16.9 Å². The molecule has 0 aromatic heterocycles. The van der Waals surface area contributed by atoms with Crippen LogP contribution in [-0.4, -0.2) is 7.11 Å². The average molecular weight is 426 g/mol. The minimum absolute atomic E-state index is 0.0240. The summed E-state index contributed by atoms with van der Waals surface area (Å²) in [6.07, 6.45) is 3.27. The van der Waals surface area contributed by atoms with E-state index in [4.69, 9.17) is 4.74 Å². The maximum atomic E-state index is 14.3. The van der Waals surface area contributed by atoms with Crippen molar-refractivity contribution >= 4 is 0 Å². The molecule has 0 aliphatic carbocycles. The van der Waals surface area contributed by atoms with E-state index < -0.39 is 23.3 Å². The maximum absolute atomic E-state index is 14.3. The van der Waals surface area contributed by atoms with Crippen LogP contribution in [0.5, 0.6) is 5.75 Å². The van der Waals surface area contributed by atoms with Crippen molar-refractivity contribution in [2.45, 2.75) is 32.6 Å². The molecule has 5 heteroatoms. The zero-order valence-electron chi connectivity index (χ0n) is 17.4. The summed E-state index contributed by atoms with van der Waals surface area (Å²) >= 11 is 0. The van der Waals surface area contributed by atoms with Crippen molar-refractivity contribution in [3.8, 4) is 28.7 Å². The number of rotatable bonds is 6. The van der Waals surface area contributed by atoms with Crippen LogP contribution in [0.25, 0.3) is 11.1 Å². The number of methoxy groups -OCH3 is 1. The van der Waals surface area contributed by atoms with E-state index in [2.05, 4.69) is 11.8 Å². The highest BCUT2D eigenvalue weighted by molar-refractivity contribution is 5.66. The van der Waals surface area contributed by atoms with Gasteiger partial charge in [0.25, 0.3) is 0 Å². The third-order valence-corrected chi connectivity index (χ3v) is 5.02. The fraction of sp³-hybridized carbons (Fsp3) is 0.231. The molecule has 0 saturated heterocycles. The molecule has 0 amide bonds. The lowest BCUT2D eigenvalue weighted by atomic mass is 10.0. The van der Waals surface area contributed by atoms with E-state index in [0.29, 0.717) is 23.1 Å². The molecular formula is C26H22F4O. The van der Waals surface area contributed by atoms with Crippen LogP contribution in [0.3, 0.4) is 0 Å². The van der Waals surface area contributed by atoms with Gasteiger partial charge in [-0.15, -0.1) is 0 Å². The van der Waals surface area contributed by atoms with Crippen molar-refractivity contribution in [1.29, 1.82) is 0 Å². The van der Waals surface area contributed by atoms with Crippen LogP contribution in [0, 0.1) is 35.1 Å². The molecule has 0 aliphatic heterocycles. The Morgan fingerprint density at radius 1 is 0.742 bits per heavy atom. The third kappa shape index (κ3) is 5.08. The van der Waals surface area contributed by atoms with Gasteiger partial charge in [-0.3, -0.25) is 0 Å². The van der Waals surface area contributed by atoms with Gasteiger partial charge in [-0.25, -0.2) is 13.2 Å². The Kier molecular flexibility index (Phi) is 7.36. The van der Waals surface area contributed by atoms with Crippen molar-refractivity contribution in [1.82, 2.24) is 0 Å². The van der Waals surface area contributed by atoms with Gasteiger partial charge in [0.1, 0.15) is 0 Å². The molecule has 0 heterocycles. The molecule has 0 fully saturated rings. The molecule has 160 valence electrons. The lowest BCUT2D eigenvalue weighted by Gasteiger charge is -2.08. The molecule has 0 radical (unpaired) electrons. The second kappa shape index (κ2) is 10.2. The van der Waals surface area contributed by atoms with E-state index >= 15 is 0 Å². The van der Waals surface area contributed by atoms with E-state index in [0.717, 1.165) is 19.3 Å². The highest BCUT2D eigenvalue weighted by Crippen LogP contribution is 2.29. The Morgan fingerprint density at radius 2 is 1.48 bits per heavy atom. The predicted molar refractivity (Wildman–Crippen MR) is 114 cm³/mol. The summed E-state index contributed by atoms with van der Waals surface area (Å²) in [5, 5.41) is 0. The van der Waals surface area contributed by atoms with Crippen LogP contribution >= 0.6 is 0 Å². The topological polar surface area (TPSA) is 9.23 Å². The van der Waals surface area contributed by atoms with Gasteiger partial charge in [-0.1, -0.05) is 49.8 Å². The Bertz CT molecular complexity index is 1120. The number of ether oxygens (including phenoxy) is 1. The molecule has 1 nitrogen and oxygen atoms in total. The van der Waals surface area contributed by atoms with Gasteiger partial charge >= 0.3 is 0 Å². The first-order valence-electron chi connectivity index (χ1n) is 10.1. The summed E-state index contributed by atoms with van der Waals surface area (Å²) in [5.41, 5.74) is 1.41. The lowest BCUT2D eigenvalue weighted by Crippen LogP contribution is -1.98. The highest BCUT2D eigenvalue weighted by Gasteiger charge is 2.15. The van der Waals surface area contributed by atoms with E-state index in [1.54, 1.807) is 30.3 Å². The van der Waals surface area contributed by atoms with Gasteiger partial charge in [-0.2, -0.15) is 4.39 Å². The minimum Gasteiger partial charge on any atom is -0.494 e. The first-order chi connectivity index (χ1) is 15.0. The van der Waals surface area contributed by atoms with Crippen molar-refractivity contribution in [2.75, 3.05) is 7.11 Å². The quantitative estimate of drug-likeness (QED) is 0.233. The zero-order chi connectivity index (χ0) is 22.4. The monoisotopic (exact) mass is 426 g/mol. The highest BCUT2D eigenvalue weighted by atomic mass is 19.2. The molecule has 31 heavy (non-hydrogen) atoms. The average Bonchev–Trinajstić information content (AvgIpc) is 2.78. The summed E-state index contributed by atoms with van der Waals surface area (Å²) in [4.78, 5) is 0. The molecule has 0 N–H and O–H groups in total. The Hall–Kier alpha value is -3.26. The molecule has 0 saturated carbocycles. The van der Waals surface area contributed by atoms with Crippen LogP contribution in [0.4, 0.5) is 17.6 Å². The number of aryl methyl sites for hydroxylation is 1.